The number of aliphatic hydroxyl groups is 1. The molecule has 4 fully saturated rings. The minimum Gasteiger partial charge on any atom is -0.445 e. The van der Waals surface area contributed by atoms with Crippen LogP contribution in [0.1, 0.15) is 66.4 Å². The Morgan fingerprint density at radius 2 is 1.48 bits per heavy atom. The highest BCUT2D eigenvalue weighted by Crippen LogP contribution is 2.43. The fourth-order valence-electron chi connectivity index (χ4n) is 9.45. The van der Waals surface area contributed by atoms with E-state index in [0.29, 0.717) is 26.1 Å². The number of nitrogens with one attached hydrogen (secondary N) is 2. The van der Waals surface area contributed by atoms with Crippen molar-refractivity contribution >= 4 is 29.5 Å². The number of hydrogen-bond donors (Lipinski definition) is 3. The fraction of sp³-hybridized carbons (Fsp3) is 0.333. The SMILES string of the molecule is C[C@H]1[C@@H](CN2CCC3(CC2)C(=O)NCN3c2ccccc2)O[C@@H](c2ccc(-c3cccc(CN4C(=O)CC(NC(=O)OCc5ccccc5)C4=O)c3)cc2)O[C@H]1c1ccc(CO)cc1. The molecule has 0 bridgehead atoms. The molecule has 3 N–H and O–H groups in total. The van der Waals surface area contributed by atoms with Crippen molar-refractivity contribution in [3.63, 3.8) is 0 Å². The number of piperidine rings is 1. The molecule has 1 spiro atoms. The number of nitrogens with zero attached hydrogens (tertiary/aromatic N) is 3. The molecule has 5 aromatic rings. The highest BCUT2D eigenvalue weighted by atomic mass is 16.7. The highest BCUT2D eigenvalue weighted by molar-refractivity contribution is 6.06. The van der Waals surface area contributed by atoms with Gasteiger partial charge in [-0.3, -0.25) is 19.3 Å². The van der Waals surface area contributed by atoms with Crippen LogP contribution in [0.4, 0.5) is 10.5 Å². The van der Waals surface area contributed by atoms with E-state index in [1.165, 1.54) is 4.90 Å². The summed E-state index contributed by atoms with van der Waals surface area (Å²) in [7, 11) is 0. The Morgan fingerprint density at radius 1 is 0.797 bits per heavy atom. The summed E-state index contributed by atoms with van der Waals surface area (Å²) < 4.78 is 18.9. The highest BCUT2D eigenvalue weighted by Gasteiger charge is 2.51. The molecule has 4 heterocycles. The lowest BCUT2D eigenvalue weighted by atomic mass is 9.84. The second kappa shape index (κ2) is 18.8. The maximum atomic E-state index is 13.4. The average Bonchev–Trinajstić information content (AvgIpc) is 3.79. The molecule has 9 rings (SSSR count). The van der Waals surface area contributed by atoms with Crippen LogP contribution in [0.3, 0.4) is 0 Å². The number of alkyl carbamates (subject to hydrolysis) is 1. The molecule has 5 aromatic carbocycles. The van der Waals surface area contributed by atoms with E-state index in [9.17, 15) is 24.3 Å². The van der Waals surface area contributed by atoms with Gasteiger partial charge in [-0.2, -0.15) is 0 Å². The van der Waals surface area contributed by atoms with E-state index in [1.807, 2.05) is 121 Å². The topological polar surface area (TPSA) is 150 Å². The van der Waals surface area contributed by atoms with E-state index in [1.54, 1.807) is 0 Å². The summed E-state index contributed by atoms with van der Waals surface area (Å²) in [5.41, 5.74) is 6.60. The first-order valence-corrected chi connectivity index (χ1v) is 22.0. The number of carbonyl (C=O) groups excluding carboxylic acids is 4. The number of amides is 4. The van der Waals surface area contributed by atoms with Crippen LogP contribution in [0, 0.1) is 5.92 Å². The largest absolute Gasteiger partial charge is 0.445 e. The summed E-state index contributed by atoms with van der Waals surface area (Å²) in [5, 5.41) is 15.4. The van der Waals surface area contributed by atoms with Crippen LogP contribution in [0.5, 0.6) is 0 Å². The molecule has 4 amide bonds. The van der Waals surface area contributed by atoms with Gasteiger partial charge in [-0.1, -0.05) is 122 Å². The number of benzene rings is 5. The van der Waals surface area contributed by atoms with E-state index in [2.05, 4.69) is 39.5 Å². The molecule has 0 aliphatic carbocycles. The lowest BCUT2D eigenvalue weighted by Crippen LogP contribution is -2.57. The molecular weight excluding hydrogens is 811 g/mol. The van der Waals surface area contributed by atoms with Crippen molar-refractivity contribution in [3.05, 3.63) is 161 Å². The minimum atomic E-state index is -0.990. The second-order valence-corrected chi connectivity index (χ2v) is 17.2. The van der Waals surface area contributed by atoms with Gasteiger partial charge in [0.2, 0.25) is 11.8 Å². The Morgan fingerprint density at radius 3 is 2.20 bits per heavy atom. The van der Waals surface area contributed by atoms with E-state index in [4.69, 9.17) is 14.2 Å². The predicted octanol–water partition coefficient (Wildman–Crippen LogP) is 6.62. The molecule has 0 saturated carbocycles. The first-order valence-electron chi connectivity index (χ1n) is 22.0. The third-order valence-corrected chi connectivity index (χ3v) is 13.2. The Labute approximate surface area is 372 Å². The van der Waals surface area contributed by atoms with Crippen molar-refractivity contribution in [1.82, 2.24) is 20.4 Å². The maximum Gasteiger partial charge on any atom is 0.408 e. The number of anilines is 1. The Hall–Kier alpha value is -6.38. The van der Waals surface area contributed by atoms with Crippen LogP contribution in [-0.2, 0) is 48.4 Å². The van der Waals surface area contributed by atoms with E-state index >= 15 is 0 Å². The van der Waals surface area contributed by atoms with Crippen molar-refractivity contribution in [1.29, 1.82) is 0 Å². The molecular formula is C51H53N5O8. The summed E-state index contributed by atoms with van der Waals surface area (Å²) in [6.07, 6.45) is -0.584. The van der Waals surface area contributed by atoms with Crippen LogP contribution in [0.2, 0.25) is 0 Å². The molecule has 64 heavy (non-hydrogen) atoms. The Bertz CT molecular complexity index is 2440. The fourth-order valence-corrected chi connectivity index (χ4v) is 9.45. The van der Waals surface area contributed by atoms with E-state index in [-0.39, 0.29) is 56.1 Å². The van der Waals surface area contributed by atoms with Crippen LogP contribution < -0.4 is 15.5 Å². The molecule has 5 atom stereocenters. The van der Waals surface area contributed by atoms with Gasteiger partial charge in [0.25, 0.3) is 5.91 Å². The zero-order valence-corrected chi connectivity index (χ0v) is 35.8. The van der Waals surface area contributed by atoms with E-state index < -0.39 is 29.9 Å². The Kier molecular flexibility index (Phi) is 12.6. The summed E-state index contributed by atoms with van der Waals surface area (Å²) in [4.78, 5) is 57.9. The number of carbonyl (C=O) groups is 4. The van der Waals surface area contributed by atoms with Crippen molar-refractivity contribution in [2.24, 2.45) is 5.92 Å². The minimum absolute atomic E-state index is 0.00128. The summed E-state index contributed by atoms with van der Waals surface area (Å²) in [6.45, 7) is 4.93. The van der Waals surface area contributed by atoms with Gasteiger partial charge in [-0.15, -0.1) is 0 Å². The number of rotatable bonds is 12. The molecule has 13 heteroatoms. The zero-order valence-electron chi connectivity index (χ0n) is 35.8. The van der Waals surface area contributed by atoms with Gasteiger partial charge in [-0.05, 0) is 64.4 Å². The number of ether oxygens (including phenoxy) is 3. The van der Waals surface area contributed by atoms with Crippen LogP contribution >= 0.6 is 0 Å². The number of hydrogen-bond acceptors (Lipinski definition) is 10. The molecule has 4 aliphatic heterocycles. The normalized spacial score (nSPS) is 23.3. The van der Waals surface area contributed by atoms with Gasteiger partial charge in [0.15, 0.2) is 6.29 Å². The van der Waals surface area contributed by atoms with Crippen molar-refractivity contribution in [3.8, 4) is 11.1 Å². The average molecular weight is 864 g/mol. The van der Waals surface area contributed by atoms with Gasteiger partial charge in [-0.25, -0.2) is 4.79 Å². The van der Waals surface area contributed by atoms with Crippen molar-refractivity contribution in [2.75, 3.05) is 31.2 Å². The van der Waals surface area contributed by atoms with Gasteiger partial charge < -0.3 is 39.8 Å². The molecule has 1 unspecified atom stereocenters. The van der Waals surface area contributed by atoms with Crippen LogP contribution in [0.25, 0.3) is 11.1 Å². The third kappa shape index (κ3) is 9.02. The first kappa shape index (κ1) is 42.9. The first-order chi connectivity index (χ1) is 31.2. The van der Waals surface area contributed by atoms with Gasteiger partial charge in [0.05, 0.1) is 38.4 Å². The lowest BCUT2D eigenvalue weighted by molar-refractivity contribution is -0.276. The molecule has 0 radical (unpaired) electrons. The lowest BCUT2D eigenvalue weighted by Gasteiger charge is -2.46. The predicted molar refractivity (Wildman–Crippen MR) is 239 cm³/mol. The number of aliphatic hydroxyl groups excluding tert-OH is 1. The number of para-hydroxylation sites is 1. The summed E-state index contributed by atoms with van der Waals surface area (Å²) in [6, 6.07) is 42.0. The van der Waals surface area contributed by atoms with Crippen LogP contribution in [-0.4, -0.2) is 82.7 Å². The number of likely N-dealkylation sites (tertiary alicyclic amines) is 2. The van der Waals surface area contributed by atoms with Crippen molar-refractivity contribution < 1.29 is 38.5 Å². The molecule has 13 nitrogen and oxygen atoms in total. The third-order valence-electron chi connectivity index (χ3n) is 13.2. The van der Waals surface area contributed by atoms with Crippen LogP contribution in [0.15, 0.2) is 133 Å². The quantitative estimate of drug-likeness (QED) is 0.117. The summed E-state index contributed by atoms with van der Waals surface area (Å²) in [5.74, 6) is -0.749. The van der Waals surface area contributed by atoms with Gasteiger partial charge in [0.1, 0.15) is 18.2 Å². The Balaban J connectivity index is 0.864. The summed E-state index contributed by atoms with van der Waals surface area (Å²) >= 11 is 0. The second-order valence-electron chi connectivity index (χ2n) is 17.2. The monoisotopic (exact) mass is 863 g/mol. The van der Waals surface area contributed by atoms with Gasteiger partial charge >= 0.3 is 6.09 Å². The van der Waals surface area contributed by atoms with Crippen molar-refractivity contribution in [2.45, 2.75) is 76.0 Å². The van der Waals surface area contributed by atoms with E-state index in [0.717, 1.165) is 57.7 Å². The molecule has 330 valence electrons. The molecule has 0 aromatic heterocycles. The van der Waals surface area contributed by atoms with Gasteiger partial charge in [0, 0.05) is 36.8 Å². The zero-order chi connectivity index (χ0) is 44.2. The molecule has 4 aliphatic rings. The smallest absolute Gasteiger partial charge is 0.408 e. The maximum absolute atomic E-state index is 13.4. The standard InChI is InChI=1S/C51H53N5O8/c1-34-44(30-54-25-23-51(24-26-54)49(60)52-33-56(51)42-13-6-3-7-14-42)63-48(64-46(34)39-17-15-35(31-57)16-18-39)40-21-19-38(20-22-40)41-12-8-11-37(27-41)29-55-45(58)28-43(47(55)59)53-50(61)62-32-36-9-4-2-5-10-36/h2-22,27,34,43-44,46,48,57H,23-26,28-33H2,1H3,(H,52,60)(H,53,61)/t34-,43?,44+,46+,48+/m0/s1. The molecule has 4 saturated heterocycles. The number of imide groups is 1.